The minimum atomic E-state index is -0.155. The van der Waals surface area contributed by atoms with Crippen LogP contribution in [0.2, 0.25) is 0 Å². The summed E-state index contributed by atoms with van der Waals surface area (Å²) in [5, 5.41) is 5.91. The Hall–Kier alpha value is -3.02. The molecule has 28 heavy (non-hydrogen) atoms. The van der Waals surface area contributed by atoms with Crippen molar-refractivity contribution in [3.8, 4) is 11.5 Å². The molecule has 0 heterocycles. The van der Waals surface area contributed by atoms with Crippen LogP contribution in [0, 0.1) is 5.92 Å². The fraction of sp³-hybridized carbons (Fsp3) is 0.364. The van der Waals surface area contributed by atoms with Crippen LogP contribution < -0.4 is 20.1 Å². The van der Waals surface area contributed by atoms with E-state index in [4.69, 9.17) is 9.47 Å². The molecule has 2 aromatic carbocycles. The van der Waals surface area contributed by atoms with Gasteiger partial charge < -0.3 is 20.1 Å². The van der Waals surface area contributed by atoms with Gasteiger partial charge in [0.15, 0.2) is 0 Å². The molecule has 0 aromatic heterocycles. The zero-order chi connectivity index (χ0) is 20.1. The summed E-state index contributed by atoms with van der Waals surface area (Å²) in [6.45, 7) is 1.93. The normalized spacial score (nSPS) is 14.1. The second-order valence-electron chi connectivity index (χ2n) is 7.03. The summed E-state index contributed by atoms with van der Waals surface area (Å²) in [5.41, 5.74) is 2.51. The van der Waals surface area contributed by atoms with Gasteiger partial charge in [0.05, 0.1) is 26.7 Å². The van der Waals surface area contributed by atoms with Gasteiger partial charge >= 0.3 is 0 Å². The number of carbonyl (C=O) groups excluding carboxylic acids is 2. The molecule has 148 valence electrons. The van der Waals surface area contributed by atoms with E-state index in [-0.39, 0.29) is 30.2 Å². The zero-order valence-electron chi connectivity index (χ0n) is 16.5. The summed E-state index contributed by atoms with van der Waals surface area (Å²) in [5.74, 6) is 1.48. The first kappa shape index (κ1) is 19.7. The highest BCUT2D eigenvalue weighted by Crippen LogP contribution is 2.30. The minimum absolute atomic E-state index is 0.0846. The number of hydrogen-bond donors (Lipinski definition) is 2. The zero-order valence-corrected chi connectivity index (χ0v) is 16.5. The highest BCUT2D eigenvalue weighted by Gasteiger charge is 2.29. The Morgan fingerprint density at radius 1 is 1.07 bits per heavy atom. The highest BCUT2D eigenvalue weighted by atomic mass is 16.5. The molecule has 1 atom stereocenters. The quantitative estimate of drug-likeness (QED) is 0.733. The first-order valence-corrected chi connectivity index (χ1v) is 9.41. The fourth-order valence-electron chi connectivity index (χ4n) is 3.01. The van der Waals surface area contributed by atoms with Crippen LogP contribution in [-0.2, 0) is 16.0 Å². The van der Waals surface area contributed by atoms with Gasteiger partial charge in [0, 0.05) is 17.2 Å². The lowest BCUT2D eigenvalue weighted by Gasteiger charge is -2.16. The molecule has 3 rings (SSSR count). The smallest absolute Gasteiger partial charge is 0.227 e. The van der Waals surface area contributed by atoms with Gasteiger partial charge in [-0.2, -0.15) is 0 Å². The van der Waals surface area contributed by atoms with E-state index in [1.807, 2.05) is 31.2 Å². The maximum atomic E-state index is 12.5. The summed E-state index contributed by atoms with van der Waals surface area (Å²) >= 11 is 0. The van der Waals surface area contributed by atoms with Gasteiger partial charge in [-0.15, -0.1) is 0 Å². The van der Waals surface area contributed by atoms with Gasteiger partial charge in [0.1, 0.15) is 11.5 Å². The van der Waals surface area contributed by atoms with Crippen LogP contribution in [0.5, 0.6) is 11.5 Å². The SMILES string of the molecule is COc1ccc(OC)c(CC(=O)NC(C)c2ccc(NC(=O)C3CC3)cc2)c1. The van der Waals surface area contributed by atoms with Crippen molar-refractivity contribution in [1.82, 2.24) is 5.32 Å². The van der Waals surface area contributed by atoms with Crippen LogP contribution in [0.1, 0.15) is 36.9 Å². The minimum Gasteiger partial charge on any atom is -0.497 e. The van der Waals surface area contributed by atoms with E-state index in [0.717, 1.165) is 29.7 Å². The number of anilines is 1. The summed E-state index contributed by atoms with van der Waals surface area (Å²) < 4.78 is 10.6. The van der Waals surface area contributed by atoms with Crippen LogP contribution in [0.25, 0.3) is 0 Å². The van der Waals surface area contributed by atoms with E-state index in [0.29, 0.717) is 11.5 Å². The second kappa shape index (κ2) is 8.78. The number of rotatable bonds is 8. The summed E-state index contributed by atoms with van der Waals surface area (Å²) in [6, 6.07) is 12.8. The number of carbonyl (C=O) groups is 2. The third kappa shape index (κ3) is 5.03. The van der Waals surface area contributed by atoms with Gasteiger partial charge in [-0.1, -0.05) is 12.1 Å². The Kier molecular flexibility index (Phi) is 6.19. The van der Waals surface area contributed by atoms with Gasteiger partial charge in [-0.05, 0) is 55.7 Å². The van der Waals surface area contributed by atoms with Crippen molar-refractivity contribution in [2.75, 3.05) is 19.5 Å². The van der Waals surface area contributed by atoms with Gasteiger partial charge in [0.2, 0.25) is 11.8 Å². The molecular formula is C22H26N2O4. The van der Waals surface area contributed by atoms with Crippen LogP contribution in [-0.4, -0.2) is 26.0 Å². The summed E-state index contributed by atoms with van der Waals surface area (Å²) in [4.78, 5) is 24.3. The van der Waals surface area contributed by atoms with Crippen molar-refractivity contribution in [1.29, 1.82) is 0 Å². The highest BCUT2D eigenvalue weighted by molar-refractivity contribution is 5.94. The molecule has 0 spiro atoms. The Bertz CT molecular complexity index is 844. The molecule has 6 heteroatoms. The van der Waals surface area contributed by atoms with E-state index >= 15 is 0 Å². The molecular weight excluding hydrogens is 356 g/mol. The van der Waals surface area contributed by atoms with Gasteiger partial charge in [0.25, 0.3) is 0 Å². The number of amides is 2. The van der Waals surface area contributed by atoms with Crippen molar-refractivity contribution < 1.29 is 19.1 Å². The summed E-state index contributed by atoms with van der Waals surface area (Å²) in [7, 11) is 3.17. The average molecular weight is 382 g/mol. The van der Waals surface area contributed by atoms with Crippen molar-refractivity contribution >= 4 is 17.5 Å². The van der Waals surface area contributed by atoms with Crippen molar-refractivity contribution in [2.45, 2.75) is 32.2 Å². The molecule has 1 saturated carbocycles. The largest absolute Gasteiger partial charge is 0.497 e. The third-order valence-corrected chi connectivity index (χ3v) is 4.84. The molecule has 1 aliphatic carbocycles. The Morgan fingerprint density at radius 2 is 1.79 bits per heavy atom. The van der Waals surface area contributed by atoms with Gasteiger partial charge in [-0.25, -0.2) is 0 Å². The van der Waals surface area contributed by atoms with Gasteiger partial charge in [-0.3, -0.25) is 9.59 Å². The molecule has 1 aliphatic rings. The molecule has 1 unspecified atom stereocenters. The average Bonchev–Trinajstić information content (AvgIpc) is 3.53. The predicted molar refractivity (Wildman–Crippen MR) is 108 cm³/mol. The van der Waals surface area contributed by atoms with Crippen LogP contribution in [0.15, 0.2) is 42.5 Å². The molecule has 2 amide bonds. The third-order valence-electron chi connectivity index (χ3n) is 4.84. The van der Waals surface area contributed by atoms with Crippen LogP contribution in [0.3, 0.4) is 0 Å². The molecule has 1 fully saturated rings. The van der Waals surface area contributed by atoms with E-state index in [2.05, 4.69) is 10.6 Å². The van der Waals surface area contributed by atoms with Crippen molar-refractivity contribution in [3.05, 3.63) is 53.6 Å². The maximum absolute atomic E-state index is 12.5. The molecule has 0 bridgehead atoms. The fourth-order valence-corrected chi connectivity index (χ4v) is 3.01. The Labute approximate surface area is 165 Å². The topological polar surface area (TPSA) is 76.7 Å². The molecule has 0 aliphatic heterocycles. The molecule has 6 nitrogen and oxygen atoms in total. The maximum Gasteiger partial charge on any atom is 0.227 e. The number of methoxy groups -OCH3 is 2. The monoisotopic (exact) mass is 382 g/mol. The number of ether oxygens (including phenoxy) is 2. The van der Waals surface area contributed by atoms with E-state index < -0.39 is 0 Å². The lowest BCUT2D eigenvalue weighted by molar-refractivity contribution is -0.121. The first-order valence-electron chi connectivity index (χ1n) is 9.41. The first-order chi connectivity index (χ1) is 13.5. The van der Waals surface area contributed by atoms with Crippen molar-refractivity contribution in [2.24, 2.45) is 5.92 Å². The van der Waals surface area contributed by atoms with Crippen LogP contribution >= 0.6 is 0 Å². The van der Waals surface area contributed by atoms with E-state index in [1.165, 1.54) is 0 Å². The second-order valence-corrected chi connectivity index (χ2v) is 7.03. The lowest BCUT2D eigenvalue weighted by Crippen LogP contribution is -2.28. The van der Waals surface area contributed by atoms with E-state index in [9.17, 15) is 9.59 Å². The number of hydrogen-bond acceptors (Lipinski definition) is 4. The van der Waals surface area contributed by atoms with Crippen molar-refractivity contribution in [3.63, 3.8) is 0 Å². The lowest BCUT2D eigenvalue weighted by atomic mass is 10.1. The molecule has 2 aromatic rings. The number of nitrogens with one attached hydrogen (secondary N) is 2. The Morgan fingerprint density at radius 3 is 2.39 bits per heavy atom. The Balaban J connectivity index is 1.58. The predicted octanol–water partition coefficient (Wildman–Crippen LogP) is 3.47. The van der Waals surface area contributed by atoms with Crippen LogP contribution in [0.4, 0.5) is 5.69 Å². The van der Waals surface area contributed by atoms with E-state index in [1.54, 1.807) is 32.4 Å². The number of benzene rings is 2. The summed E-state index contributed by atoms with van der Waals surface area (Å²) in [6.07, 6.45) is 2.15. The molecule has 0 saturated heterocycles. The molecule has 2 N–H and O–H groups in total. The standard InChI is InChI=1S/C22H26N2O4/c1-14(15-6-8-18(9-7-15)24-22(26)16-4-5-16)23-21(25)13-17-12-19(27-2)10-11-20(17)28-3/h6-12,14,16H,4-5,13H2,1-3H3,(H,23,25)(H,24,26). The molecule has 0 radical (unpaired) electrons.